The van der Waals surface area contributed by atoms with E-state index in [1.165, 1.54) is 0 Å². The molecular weight excluding hydrogens is 564 g/mol. The second-order valence-electron chi connectivity index (χ2n) is 13.6. The SMILES string of the molecule is CCCC1O[C@H]2CC3C4CCC5=CC(=O)C=C[C@]5(C)C4[C@@H](O)C[C@]3(C)[C@]2(C(=O)CO[C@@H]2O[C@H](C(=O)O)[C@@H](O)[C@H](O)[C@H]2O)O1. The average molecular weight is 607 g/mol. The number of carbonyl (C=O) groups excluding carboxylic acids is 2. The molecule has 0 spiro atoms. The van der Waals surface area contributed by atoms with Gasteiger partial charge in [0, 0.05) is 16.7 Å². The molecule has 4 aliphatic carbocycles. The van der Waals surface area contributed by atoms with Crippen LogP contribution in [-0.4, -0.2) is 104 Å². The quantitative estimate of drug-likeness (QED) is 0.272. The highest BCUT2D eigenvalue weighted by Crippen LogP contribution is 2.69. The van der Waals surface area contributed by atoms with Gasteiger partial charge >= 0.3 is 5.97 Å². The van der Waals surface area contributed by atoms with Crippen LogP contribution >= 0.6 is 0 Å². The summed E-state index contributed by atoms with van der Waals surface area (Å²) in [5.41, 5.74) is -1.79. The first-order chi connectivity index (χ1) is 20.3. The lowest BCUT2D eigenvalue weighted by molar-refractivity contribution is -0.293. The molecule has 2 aliphatic heterocycles. The van der Waals surface area contributed by atoms with Crippen LogP contribution in [0.15, 0.2) is 23.8 Å². The number of hydrogen-bond acceptors (Lipinski definition) is 11. The van der Waals surface area contributed by atoms with Crippen LogP contribution < -0.4 is 0 Å². The topological polar surface area (TPSA) is 189 Å². The van der Waals surface area contributed by atoms with E-state index in [-0.39, 0.29) is 30.0 Å². The van der Waals surface area contributed by atoms with E-state index in [9.17, 15) is 39.9 Å². The molecule has 12 heteroatoms. The first-order valence-corrected chi connectivity index (χ1v) is 15.3. The highest BCUT2D eigenvalue weighted by Gasteiger charge is 2.75. The molecule has 0 bridgehead atoms. The van der Waals surface area contributed by atoms with Crippen molar-refractivity contribution in [2.24, 2.45) is 28.6 Å². The van der Waals surface area contributed by atoms with Crippen molar-refractivity contribution >= 4 is 17.5 Å². The van der Waals surface area contributed by atoms with Crippen LogP contribution in [0.5, 0.6) is 0 Å². The van der Waals surface area contributed by atoms with E-state index >= 15 is 0 Å². The predicted molar refractivity (Wildman–Crippen MR) is 146 cm³/mol. The summed E-state index contributed by atoms with van der Waals surface area (Å²) in [6, 6.07) is 0. The maximum Gasteiger partial charge on any atom is 0.335 e. The number of rotatable bonds is 7. The summed E-state index contributed by atoms with van der Waals surface area (Å²) in [4.78, 5) is 38.0. The summed E-state index contributed by atoms with van der Waals surface area (Å²) in [6.45, 7) is 5.38. The zero-order valence-electron chi connectivity index (χ0n) is 24.6. The maximum atomic E-state index is 14.3. The summed E-state index contributed by atoms with van der Waals surface area (Å²) in [5, 5.41) is 51.9. The first kappa shape index (κ1) is 31.0. The fraction of sp³-hybridized carbons (Fsp3) is 0.774. The molecule has 2 heterocycles. The monoisotopic (exact) mass is 606 g/mol. The van der Waals surface area contributed by atoms with Crippen LogP contribution in [0.4, 0.5) is 0 Å². The second-order valence-corrected chi connectivity index (χ2v) is 13.6. The Morgan fingerprint density at radius 2 is 1.84 bits per heavy atom. The zero-order valence-corrected chi connectivity index (χ0v) is 24.6. The van der Waals surface area contributed by atoms with Gasteiger partial charge in [-0.25, -0.2) is 4.79 Å². The lowest BCUT2D eigenvalue weighted by atomic mass is 9.46. The van der Waals surface area contributed by atoms with Gasteiger partial charge in [0.25, 0.3) is 0 Å². The molecule has 2 saturated heterocycles. The minimum Gasteiger partial charge on any atom is -0.479 e. The van der Waals surface area contributed by atoms with Crippen LogP contribution in [0.25, 0.3) is 0 Å². The van der Waals surface area contributed by atoms with Gasteiger partial charge < -0.3 is 44.5 Å². The van der Waals surface area contributed by atoms with Gasteiger partial charge in [-0.1, -0.05) is 38.8 Å². The zero-order chi connectivity index (χ0) is 31.1. The van der Waals surface area contributed by atoms with Crippen molar-refractivity contribution in [1.82, 2.24) is 0 Å². The number of allylic oxidation sites excluding steroid dienone is 4. The molecule has 0 aromatic rings. The van der Waals surface area contributed by atoms with Gasteiger partial charge in [-0.3, -0.25) is 9.59 Å². The Morgan fingerprint density at radius 1 is 1.09 bits per heavy atom. The third-order valence-corrected chi connectivity index (χ3v) is 11.4. The molecule has 6 rings (SSSR count). The molecule has 43 heavy (non-hydrogen) atoms. The standard InChI is InChI=1S/C31H42O12/c1-4-5-21-41-20-11-17-16-7-6-14-10-15(32)8-9-29(14,2)22(16)18(33)12-30(17,3)31(20,43-21)19(34)13-40-28-25(37)23(35)24(36)26(42-28)27(38)39/h8-10,16-18,20-26,28,33,35-37H,4-7,11-13H2,1-3H3,(H,38,39)/t16?,17?,18-,20-,21?,22?,23-,24-,25+,26-,28+,29-,30-,31+/m0/s1. The van der Waals surface area contributed by atoms with E-state index < -0.39 is 84.0 Å². The molecule has 14 atom stereocenters. The number of fused-ring (bicyclic) bond motifs is 7. The fourth-order valence-corrected chi connectivity index (χ4v) is 9.46. The van der Waals surface area contributed by atoms with Crippen molar-refractivity contribution in [2.45, 2.75) is 114 Å². The molecule has 0 aromatic heterocycles. The number of carboxylic acids is 1. The van der Waals surface area contributed by atoms with Crippen molar-refractivity contribution in [3.05, 3.63) is 23.8 Å². The minimum atomic E-state index is -1.89. The normalized spacial score (nSPS) is 50.3. The highest BCUT2D eigenvalue weighted by molar-refractivity contribution is 6.01. The summed E-state index contributed by atoms with van der Waals surface area (Å²) in [6.07, 6.45) is -2.43. The fourth-order valence-electron chi connectivity index (χ4n) is 9.46. The number of Topliss-reactive ketones (excluding diaryl/α,β-unsaturated/α-hetero) is 1. The lowest BCUT2D eigenvalue weighted by Crippen LogP contribution is -2.64. The highest BCUT2D eigenvalue weighted by atomic mass is 16.7. The minimum absolute atomic E-state index is 0.0261. The third-order valence-electron chi connectivity index (χ3n) is 11.4. The maximum absolute atomic E-state index is 14.3. The van der Waals surface area contributed by atoms with Crippen molar-refractivity contribution in [1.29, 1.82) is 0 Å². The van der Waals surface area contributed by atoms with Crippen LogP contribution in [0.3, 0.4) is 0 Å². The predicted octanol–water partition coefficient (Wildman–Crippen LogP) is 0.633. The summed E-state index contributed by atoms with van der Waals surface area (Å²) < 4.78 is 23.8. The van der Waals surface area contributed by atoms with E-state index in [2.05, 4.69) is 6.92 Å². The number of ether oxygens (including phenoxy) is 4. The Kier molecular flexibility index (Phi) is 7.78. The average Bonchev–Trinajstić information content (AvgIpc) is 3.43. The number of carbonyl (C=O) groups is 3. The summed E-state index contributed by atoms with van der Waals surface area (Å²) in [5.74, 6) is -2.27. The number of hydrogen-bond donors (Lipinski definition) is 5. The van der Waals surface area contributed by atoms with E-state index in [1.807, 2.05) is 19.9 Å². The van der Waals surface area contributed by atoms with E-state index in [4.69, 9.17) is 18.9 Å². The Hall–Kier alpha value is -2.03. The van der Waals surface area contributed by atoms with Crippen molar-refractivity contribution in [3.63, 3.8) is 0 Å². The molecule has 12 nitrogen and oxygen atoms in total. The molecule has 6 aliphatic rings. The summed E-state index contributed by atoms with van der Waals surface area (Å²) >= 11 is 0. The van der Waals surface area contributed by atoms with E-state index in [1.54, 1.807) is 12.2 Å². The number of aliphatic hydroxyl groups excluding tert-OH is 4. The smallest absolute Gasteiger partial charge is 0.335 e. The largest absolute Gasteiger partial charge is 0.479 e. The number of aliphatic carboxylic acids is 1. The van der Waals surface area contributed by atoms with Gasteiger partial charge in [0.05, 0.1) is 12.2 Å². The Labute approximate surface area is 249 Å². The Morgan fingerprint density at radius 3 is 2.53 bits per heavy atom. The van der Waals surface area contributed by atoms with Gasteiger partial charge in [-0.2, -0.15) is 0 Å². The van der Waals surface area contributed by atoms with Crippen LogP contribution in [0.1, 0.15) is 59.3 Å². The molecule has 5 fully saturated rings. The van der Waals surface area contributed by atoms with Crippen LogP contribution in [0, 0.1) is 28.6 Å². The molecule has 4 unspecified atom stereocenters. The van der Waals surface area contributed by atoms with E-state index in [0.29, 0.717) is 19.3 Å². The van der Waals surface area contributed by atoms with Crippen LogP contribution in [-0.2, 0) is 33.3 Å². The number of ketones is 2. The van der Waals surface area contributed by atoms with Crippen LogP contribution in [0.2, 0.25) is 0 Å². The van der Waals surface area contributed by atoms with Gasteiger partial charge in [-0.05, 0) is 56.1 Å². The second kappa shape index (κ2) is 10.8. The third kappa shape index (κ3) is 4.44. The number of aliphatic hydroxyl groups is 4. The Bertz CT molecular complexity index is 1230. The summed E-state index contributed by atoms with van der Waals surface area (Å²) in [7, 11) is 0. The van der Waals surface area contributed by atoms with Crippen molar-refractivity contribution in [3.8, 4) is 0 Å². The van der Waals surface area contributed by atoms with Gasteiger partial charge in [0.2, 0.25) is 0 Å². The molecule has 0 amide bonds. The molecule has 0 radical (unpaired) electrons. The van der Waals surface area contributed by atoms with Gasteiger partial charge in [-0.15, -0.1) is 0 Å². The van der Waals surface area contributed by atoms with Crippen molar-refractivity contribution in [2.75, 3.05) is 6.61 Å². The van der Waals surface area contributed by atoms with Gasteiger partial charge in [0.15, 0.2) is 35.9 Å². The first-order valence-electron chi connectivity index (χ1n) is 15.3. The van der Waals surface area contributed by atoms with E-state index in [0.717, 1.165) is 18.4 Å². The molecule has 0 aromatic carbocycles. The molecule has 3 saturated carbocycles. The number of carboxylic acid groups (broad SMARTS) is 1. The molecular formula is C31H42O12. The lowest BCUT2D eigenvalue weighted by Gasteiger charge is -2.59. The Balaban J connectivity index is 1.29. The van der Waals surface area contributed by atoms with Gasteiger partial charge in [0.1, 0.15) is 24.9 Å². The molecule has 238 valence electrons. The van der Waals surface area contributed by atoms with Crippen molar-refractivity contribution < 1.29 is 58.9 Å². The molecule has 5 N–H and O–H groups in total.